The van der Waals surface area contributed by atoms with Crippen LogP contribution in [0, 0.1) is 0 Å². The molecular weight excluding hydrogens is 352 g/mol. The van der Waals surface area contributed by atoms with E-state index in [2.05, 4.69) is 15.3 Å². The number of carbonyl (C=O) groups excluding carboxylic acids is 1. The van der Waals surface area contributed by atoms with E-state index in [1.807, 2.05) is 12.1 Å². The molecule has 0 aliphatic heterocycles. The highest BCUT2D eigenvalue weighted by molar-refractivity contribution is 6.03. The summed E-state index contributed by atoms with van der Waals surface area (Å²) in [4.78, 5) is 32.7. The van der Waals surface area contributed by atoms with E-state index in [0.29, 0.717) is 22.4 Å². The number of nitrogens with zero attached hydrogens (tertiary/aromatic N) is 3. The van der Waals surface area contributed by atoms with Crippen molar-refractivity contribution in [3.05, 3.63) is 58.3 Å². The molecule has 0 saturated carbocycles. The van der Waals surface area contributed by atoms with E-state index in [1.54, 1.807) is 26.2 Å². The molecule has 140 valence electrons. The quantitative estimate of drug-likeness (QED) is 0.499. The molecule has 0 unspecified atom stereocenters. The molecule has 3 rings (SSSR count). The number of pyridine rings is 1. The average molecular weight is 370 g/mol. The Morgan fingerprint density at radius 3 is 2.70 bits per heavy atom. The van der Waals surface area contributed by atoms with E-state index in [9.17, 15) is 14.8 Å². The van der Waals surface area contributed by atoms with Crippen LogP contribution < -0.4 is 15.6 Å². The van der Waals surface area contributed by atoms with Gasteiger partial charge >= 0.3 is 11.5 Å². The number of aromatic nitrogens is 3. The maximum absolute atomic E-state index is 12.5. The standard InChI is InChI=1S/C18H18N4O5/c1-3-27-18(24)14-15(20-8-11-4-6-12(26-2)7-5-11)13-9-19-10-21-16(13)22(25)17(14)23/h4-7,9-10,20,25H,3,8H2,1-2H3. The van der Waals surface area contributed by atoms with Gasteiger partial charge in [0.1, 0.15) is 12.1 Å². The first kappa shape index (κ1) is 18.2. The highest BCUT2D eigenvalue weighted by Gasteiger charge is 2.24. The van der Waals surface area contributed by atoms with Crippen LogP contribution >= 0.6 is 0 Å². The topological polar surface area (TPSA) is 116 Å². The third-order valence-electron chi connectivity index (χ3n) is 3.93. The predicted molar refractivity (Wildman–Crippen MR) is 97.3 cm³/mol. The van der Waals surface area contributed by atoms with Crippen molar-refractivity contribution in [2.24, 2.45) is 0 Å². The molecule has 1 aromatic carbocycles. The number of rotatable bonds is 6. The van der Waals surface area contributed by atoms with Crippen LogP contribution in [0.3, 0.4) is 0 Å². The molecule has 0 amide bonds. The lowest BCUT2D eigenvalue weighted by Gasteiger charge is -2.15. The zero-order chi connectivity index (χ0) is 19.4. The predicted octanol–water partition coefficient (Wildman–Crippen LogP) is 1.83. The molecule has 0 saturated heterocycles. The summed E-state index contributed by atoms with van der Waals surface area (Å²) in [7, 11) is 1.58. The van der Waals surface area contributed by atoms with Gasteiger partial charge in [-0.1, -0.05) is 12.1 Å². The minimum Gasteiger partial charge on any atom is -0.497 e. The Bertz CT molecular complexity index is 1030. The number of carbonyl (C=O) groups is 1. The molecule has 2 heterocycles. The van der Waals surface area contributed by atoms with Gasteiger partial charge in [-0.05, 0) is 24.6 Å². The van der Waals surface area contributed by atoms with Gasteiger partial charge in [-0.25, -0.2) is 14.8 Å². The number of nitrogens with one attached hydrogen (secondary N) is 1. The first-order chi connectivity index (χ1) is 13.1. The monoisotopic (exact) mass is 370 g/mol. The average Bonchev–Trinajstić information content (AvgIpc) is 2.70. The second-order valence-electron chi connectivity index (χ2n) is 5.55. The maximum Gasteiger partial charge on any atom is 0.346 e. The normalized spacial score (nSPS) is 10.6. The van der Waals surface area contributed by atoms with Gasteiger partial charge in [0.05, 0.1) is 24.8 Å². The van der Waals surface area contributed by atoms with Gasteiger partial charge < -0.3 is 20.0 Å². The summed E-state index contributed by atoms with van der Waals surface area (Å²) in [5.41, 5.74) is -0.147. The second kappa shape index (κ2) is 7.73. The van der Waals surface area contributed by atoms with Gasteiger partial charge in [-0.3, -0.25) is 4.79 Å². The fourth-order valence-corrected chi connectivity index (χ4v) is 2.62. The van der Waals surface area contributed by atoms with Crippen molar-refractivity contribution in [2.75, 3.05) is 19.0 Å². The van der Waals surface area contributed by atoms with Crippen molar-refractivity contribution in [3.8, 4) is 5.75 Å². The van der Waals surface area contributed by atoms with Crippen LogP contribution in [0.4, 0.5) is 5.69 Å². The fourth-order valence-electron chi connectivity index (χ4n) is 2.62. The van der Waals surface area contributed by atoms with Crippen molar-refractivity contribution in [2.45, 2.75) is 13.5 Å². The van der Waals surface area contributed by atoms with E-state index in [-0.39, 0.29) is 23.5 Å². The molecule has 0 aliphatic carbocycles. The third-order valence-corrected chi connectivity index (χ3v) is 3.93. The van der Waals surface area contributed by atoms with E-state index in [1.165, 1.54) is 12.5 Å². The summed E-state index contributed by atoms with van der Waals surface area (Å²) in [6.07, 6.45) is 2.61. The second-order valence-corrected chi connectivity index (χ2v) is 5.55. The molecule has 9 nitrogen and oxygen atoms in total. The number of ether oxygens (including phenoxy) is 2. The van der Waals surface area contributed by atoms with E-state index in [4.69, 9.17) is 9.47 Å². The van der Waals surface area contributed by atoms with Crippen molar-refractivity contribution in [1.29, 1.82) is 0 Å². The van der Waals surface area contributed by atoms with Crippen molar-refractivity contribution < 1.29 is 19.5 Å². The smallest absolute Gasteiger partial charge is 0.346 e. The summed E-state index contributed by atoms with van der Waals surface area (Å²) in [6.45, 7) is 2.03. The molecule has 2 aromatic heterocycles. The number of anilines is 1. The number of esters is 1. The number of benzene rings is 1. The summed E-state index contributed by atoms with van der Waals surface area (Å²) < 4.78 is 10.4. The van der Waals surface area contributed by atoms with Crippen LogP contribution in [0.15, 0.2) is 41.6 Å². The zero-order valence-corrected chi connectivity index (χ0v) is 14.8. The SMILES string of the molecule is CCOC(=O)c1c(NCc2ccc(OC)cc2)c2cncnc2n(O)c1=O. The van der Waals surface area contributed by atoms with Gasteiger partial charge in [0.25, 0.3) is 0 Å². The molecule has 0 fully saturated rings. The number of fused-ring (bicyclic) bond motifs is 1. The van der Waals surface area contributed by atoms with E-state index < -0.39 is 11.5 Å². The van der Waals surface area contributed by atoms with Gasteiger partial charge in [-0.15, -0.1) is 4.73 Å². The maximum atomic E-state index is 12.5. The van der Waals surface area contributed by atoms with Crippen molar-refractivity contribution >= 4 is 22.7 Å². The molecule has 3 aromatic rings. The van der Waals surface area contributed by atoms with Gasteiger partial charge in [-0.2, -0.15) is 0 Å². The summed E-state index contributed by atoms with van der Waals surface area (Å²) in [5.74, 6) is -0.124. The van der Waals surface area contributed by atoms with Crippen LogP contribution in [0.5, 0.6) is 5.75 Å². The fraction of sp³-hybridized carbons (Fsp3) is 0.222. The zero-order valence-electron chi connectivity index (χ0n) is 14.8. The molecule has 0 radical (unpaired) electrons. The van der Waals surface area contributed by atoms with Crippen molar-refractivity contribution in [1.82, 2.24) is 14.7 Å². The Morgan fingerprint density at radius 2 is 2.04 bits per heavy atom. The van der Waals surface area contributed by atoms with Crippen LogP contribution in [-0.2, 0) is 11.3 Å². The molecule has 27 heavy (non-hydrogen) atoms. The Balaban J connectivity index is 2.08. The Kier molecular flexibility index (Phi) is 5.20. The molecular formula is C18H18N4O5. The molecule has 2 N–H and O–H groups in total. The summed E-state index contributed by atoms with van der Waals surface area (Å²) >= 11 is 0. The summed E-state index contributed by atoms with van der Waals surface area (Å²) in [6, 6.07) is 7.30. The molecule has 0 aliphatic rings. The van der Waals surface area contributed by atoms with Gasteiger partial charge in [0.2, 0.25) is 0 Å². The third kappa shape index (κ3) is 3.52. The Hall–Kier alpha value is -3.62. The molecule has 0 atom stereocenters. The van der Waals surface area contributed by atoms with E-state index in [0.717, 1.165) is 5.56 Å². The number of hydrogen-bond donors (Lipinski definition) is 2. The lowest BCUT2D eigenvalue weighted by Crippen LogP contribution is -2.29. The number of hydrogen-bond acceptors (Lipinski definition) is 8. The molecule has 0 bridgehead atoms. The van der Waals surface area contributed by atoms with Crippen LogP contribution in [-0.4, -0.2) is 39.6 Å². The highest BCUT2D eigenvalue weighted by atomic mass is 16.5. The van der Waals surface area contributed by atoms with Gasteiger partial charge in [0, 0.05) is 12.7 Å². The minimum absolute atomic E-state index is 0.0136. The molecule has 9 heteroatoms. The molecule has 0 spiro atoms. The van der Waals surface area contributed by atoms with Crippen molar-refractivity contribution in [3.63, 3.8) is 0 Å². The van der Waals surface area contributed by atoms with E-state index >= 15 is 0 Å². The van der Waals surface area contributed by atoms with Gasteiger partial charge in [0.15, 0.2) is 11.2 Å². The largest absolute Gasteiger partial charge is 0.497 e. The first-order valence-electron chi connectivity index (χ1n) is 8.18. The highest BCUT2D eigenvalue weighted by Crippen LogP contribution is 2.24. The van der Waals surface area contributed by atoms with Crippen LogP contribution in [0.1, 0.15) is 22.8 Å². The summed E-state index contributed by atoms with van der Waals surface area (Å²) in [5, 5.41) is 13.5. The van der Waals surface area contributed by atoms with Crippen LogP contribution in [0.2, 0.25) is 0 Å². The Morgan fingerprint density at radius 1 is 1.30 bits per heavy atom. The number of methoxy groups -OCH3 is 1. The minimum atomic E-state index is -0.920. The van der Waals surface area contributed by atoms with Crippen LogP contribution in [0.25, 0.3) is 11.0 Å². The lowest BCUT2D eigenvalue weighted by molar-refractivity contribution is 0.0520. The lowest BCUT2D eigenvalue weighted by atomic mass is 10.1. The first-order valence-corrected chi connectivity index (χ1v) is 8.18. The Labute approximate surface area is 154 Å².